The van der Waals surface area contributed by atoms with Gasteiger partial charge < -0.3 is 9.84 Å². The summed E-state index contributed by atoms with van der Waals surface area (Å²) in [5.41, 5.74) is 1.00. The number of benzene rings is 2. The molecule has 0 bridgehead atoms. The molecule has 36 heavy (non-hydrogen) atoms. The zero-order valence-electron chi connectivity index (χ0n) is 19.8. The van der Waals surface area contributed by atoms with Gasteiger partial charge in [0, 0.05) is 16.1 Å². The molecule has 5 nitrogen and oxygen atoms in total. The van der Waals surface area contributed by atoms with Crippen LogP contribution in [0.5, 0.6) is 5.75 Å². The number of Topliss-reactive ketones (excluding diaryl/α,β-unsaturated/α-hetero) is 1. The summed E-state index contributed by atoms with van der Waals surface area (Å²) in [6.07, 6.45) is -3.71. The lowest BCUT2D eigenvalue weighted by molar-refractivity contribution is -0.137. The Kier molecular flexibility index (Phi) is 6.95. The number of carbonyl (C=O) groups excluding carboxylic acids is 2. The van der Waals surface area contributed by atoms with Gasteiger partial charge in [-0.3, -0.25) is 14.5 Å². The number of rotatable bonds is 6. The van der Waals surface area contributed by atoms with Gasteiger partial charge >= 0.3 is 6.18 Å². The summed E-state index contributed by atoms with van der Waals surface area (Å²) in [6, 6.07) is 9.85. The number of ether oxygens (including phenoxy) is 1. The third-order valence-corrected chi connectivity index (χ3v) is 7.05. The van der Waals surface area contributed by atoms with Crippen LogP contribution < -0.4 is 9.64 Å². The molecule has 4 rings (SSSR count). The predicted molar refractivity (Wildman–Crippen MR) is 132 cm³/mol. The number of hydrogen-bond acceptors (Lipinski definition) is 5. The van der Waals surface area contributed by atoms with Gasteiger partial charge in [-0.15, -0.1) is 11.3 Å². The molecule has 9 heteroatoms. The normalized spacial score (nSPS) is 17.6. The fourth-order valence-corrected chi connectivity index (χ4v) is 5.17. The first-order valence-corrected chi connectivity index (χ1v) is 12.2. The molecule has 1 aliphatic heterocycles. The van der Waals surface area contributed by atoms with Crippen LogP contribution in [-0.2, 0) is 15.8 Å². The second-order valence-electron chi connectivity index (χ2n) is 8.51. The summed E-state index contributed by atoms with van der Waals surface area (Å²) in [4.78, 5) is 28.2. The molecule has 1 unspecified atom stereocenters. The van der Waals surface area contributed by atoms with Gasteiger partial charge in [-0.1, -0.05) is 6.92 Å². The zero-order valence-corrected chi connectivity index (χ0v) is 20.7. The Morgan fingerprint density at radius 3 is 2.31 bits per heavy atom. The number of anilines is 1. The van der Waals surface area contributed by atoms with Gasteiger partial charge in [0.15, 0.2) is 0 Å². The van der Waals surface area contributed by atoms with Crippen LogP contribution in [0.15, 0.2) is 59.5 Å². The van der Waals surface area contributed by atoms with Gasteiger partial charge in [0.05, 0.1) is 17.7 Å². The van der Waals surface area contributed by atoms with Crippen molar-refractivity contribution >= 4 is 34.5 Å². The number of halogens is 3. The van der Waals surface area contributed by atoms with Crippen molar-refractivity contribution in [2.75, 3.05) is 11.5 Å². The number of amides is 1. The molecule has 0 radical (unpaired) electrons. The van der Waals surface area contributed by atoms with E-state index < -0.39 is 29.5 Å². The lowest BCUT2D eigenvalue weighted by Gasteiger charge is -2.25. The molecule has 3 aromatic rings. The highest BCUT2D eigenvalue weighted by molar-refractivity contribution is 7.10. The minimum absolute atomic E-state index is 0.118. The van der Waals surface area contributed by atoms with E-state index in [1.165, 1.54) is 11.3 Å². The lowest BCUT2D eigenvalue weighted by atomic mass is 9.97. The number of hydrogen-bond donors (Lipinski definition) is 1. The highest BCUT2D eigenvalue weighted by Crippen LogP contribution is 2.45. The Morgan fingerprint density at radius 1 is 1.06 bits per heavy atom. The molecule has 0 spiro atoms. The number of ketones is 1. The summed E-state index contributed by atoms with van der Waals surface area (Å²) in [6.45, 7) is 6.13. The van der Waals surface area contributed by atoms with E-state index in [2.05, 4.69) is 0 Å². The second kappa shape index (κ2) is 9.81. The molecule has 1 atom stereocenters. The smallest absolute Gasteiger partial charge is 0.416 e. The molecular formula is C27H24F3NO4S. The van der Waals surface area contributed by atoms with Gasteiger partial charge in [-0.25, -0.2) is 0 Å². The number of aliphatic hydroxyl groups is 1. The van der Waals surface area contributed by atoms with Gasteiger partial charge in [0.25, 0.3) is 11.7 Å². The van der Waals surface area contributed by atoms with Gasteiger partial charge in [0.1, 0.15) is 17.6 Å². The SMILES string of the molecule is CCCOc1ccc(/C(O)=C2/C(=O)C(=O)N(c3ccc(C(F)(F)F)cc3)C2c2sccc2C)cc1C. The Balaban J connectivity index is 1.85. The number of thiophene rings is 1. The number of aryl methyl sites for hydroxylation is 2. The molecule has 1 saturated heterocycles. The minimum atomic E-state index is -4.54. The molecule has 188 valence electrons. The lowest BCUT2D eigenvalue weighted by Crippen LogP contribution is -2.29. The third kappa shape index (κ3) is 4.63. The van der Waals surface area contributed by atoms with Crippen molar-refractivity contribution < 1.29 is 32.6 Å². The summed E-state index contributed by atoms with van der Waals surface area (Å²) >= 11 is 1.30. The number of alkyl halides is 3. The van der Waals surface area contributed by atoms with E-state index in [1.54, 1.807) is 23.6 Å². The van der Waals surface area contributed by atoms with Crippen LogP contribution in [0.4, 0.5) is 18.9 Å². The molecule has 1 fully saturated rings. The van der Waals surface area contributed by atoms with E-state index in [0.29, 0.717) is 22.8 Å². The molecule has 2 heterocycles. The molecule has 1 aliphatic rings. The highest BCUT2D eigenvalue weighted by Gasteiger charge is 2.48. The van der Waals surface area contributed by atoms with Crippen LogP contribution in [0.25, 0.3) is 5.76 Å². The fraction of sp³-hybridized carbons (Fsp3) is 0.259. The van der Waals surface area contributed by atoms with Crippen molar-refractivity contribution in [1.29, 1.82) is 0 Å². The van der Waals surface area contributed by atoms with Gasteiger partial charge in [-0.2, -0.15) is 13.2 Å². The van der Waals surface area contributed by atoms with Crippen molar-refractivity contribution in [1.82, 2.24) is 0 Å². The van der Waals surface area contributed by atoms with Crippen molar-refractivity contribution in [2.24, 2.45) is 0 Å². The number of nitrogens with zero attached hydrogens (tertiary/aromatic N) is 1. The van der Waals surface area contributed by atoms with Crippen molar-refractivity contribution in [3.05, 3.63) is 86.6 Å². The number of aliphatic hydroxyl groups excluding tert-OH is 1. The quantitative estimate of drug-likeness (QED) is 0.223. The molecule has 1 aromatic heterocycles. The largest absolute Gasteiger partial charge is 0.507 e. The minimum Gasteiger partial charge on any atom is -0.507 e. The van der Waals surface area contributed by atoms with Crippen LogP contribution >= 0.6 is 11.3 Å². The number of carbonyl (C=O) groups is 2. The maximum absolute atomic E-state index is 13.2. The van der Waals surface area contributed by atoms with E-state index in [4.69, 9.17) is 4.74 Å². The summed E-state index contributed by atoms with van der Waals surface area (Å²) < 4.78 is 45.0. The Bertz CT molecular complexity index is 1340. The summed E-state index contributed by atoms with van der Waals surface area (Å²) in [5.74, 6) is -1.54. The first kappa shape index (κ1) is 25.5. The van der Waals surface area contributed by atoms with Gasteiger partial charge in [-0.05, 0) is 85.3 Å². The monoisotopic (exact) mass is 515 g/mol. The van der Waals surface area contributed by atoms with Crippen molar-refractivity contribution in [3.63, 3.8) is 0 Å². The first-order valence-electron chi connectivity index (χ1n) is 11.3. The predicted octanol–water partition coefficient (Wildman–Crippen LogP) is 6.80. The average molecular weight is 516 g/mol. The van der Waals surface area contributed by atoms with Crippen molar-refractivity contribution in [2.45, 2.75) is 39.4 Å². The van der Waals surface area contributed by atoms with Crippen LogP contribution in [0.1, 0.15) is 46.5 Å². The average Bonchev–Trinajstić information content (AvgIpc) is 3.37. The second-order valence-corrected chi connectivity index (χ2v) is 9.46. The highest BCUT2D eigenvalue weighted by atomic mass is 32.1. The maximum Gasteiger partial charge on any atom is 0.416 e. The van der Waals surface area contributed by atoms with E-state index in [-0.39, 0.29) is 17.0 Å². The standard InChI is InChI=1S/C27H24F3NO4S/c1-4-12-35-20-10-5-17(14-16(20)3)23(32)21-22(25-15(2)11-13-36-25)31(26(34)24(21)33)19-8-6-18(7-9-19)27(28,29)30/h5-11,13-14,22,32H,4,12H2,1-3H3/b23-21-. The van der Waals surface area contributed by atoms with Crippen molar-refractivity contribution in [3.8, 4) is 5.75 Å². The molecule has 1 N–H and O–H groups in total. The summed E-state index contributed by atoms with van der Waals surface area (Å²) in [5, 5.41) is 13.1. The Morgan fingerprint density at radius 2 is 1.75 bits per heavy atom. The van der Waals surface area contributed by atoms with Gasteiger partial charge in [0.2, 0.25) is 0 Å². The van der Waals surface area contributed by atoms with E-state index in [0.717, 1.165) is 46.7 Å². The fourth-order valence-electron chi connectivity index (χ4n) is 4.15. The molecule has 0 aliphatic carbocycles. The maximum atomic E-state index is 13.2. The Hall–Kier alpha value is -3.59. The van der Waals surface area contributed by atoms with E-state index >= 15 is 0 Å². The van der Waals surface area contributed by atoms with Crippen LogP contribution in [0, 0.1) is 13.8 Å². The Labute approximate surface area is 210 Å². The molecule has 0 saturated carbocycles. The van der Waals surface area contributed by atoms with E-state index in [1.807, 2.05) is 26.8 Å². The molecular weight excluding hydrogens is 491 g/mol. The van der Waals surface area contributed by atoms with Crippen LogP contribution in [0.2, 0.25) is 0 Å². The van der Waals surface area contributed by atoms with Crippen LogP contribution in [0.3, 0.4) is 0 Å². The first-order chi connectivity index (χ1) is 17.0. The van der Waals surface area contributed by atoms with E-state index in [9.17, 15) is 27.9 Å². The van der Waals surface area contributed by atoms with Crippen LogP contribution in [-0.4, -0.2) is 23.4 Å². The third-order valence-electron chi connectivity index (χ3n) is 5.98. The topological polar surface area (TPSA) is 66.8 Å². The summed E-state index contributed by atoms with van der Waals surface area (Å²) in [7, 11) is 0. The molecule has 1 amide bonds. The zero-order chi connectivity index (χ0) is 26.2. The molecule has 2 aromatic carbocycles.